The van der Waals surface area contributed by atoms with Gasteiger partial charge in [-0.1, -0.05) is 12.1 Å². The summed E-state index contributed by atoms with van der Waals surface area (Å²) in [6.07, 6.45) is -0.665. The van der Waals surface area contributed by atoms with E-state index >= 15 is 0 Å². The topological polar surface area (TPSA) is 96.5 Å². The van der Waals surface area contributed by atoms with E-state index in [0.29, 0.717) is 16.9 Å². The highest BCUT2D eigenvalue weighted by Gasteiger charge is 2.16. The molecule has 0 heterocycles. The zero-order valence-corrected chi connectivity index (χ0v) is 17.4. The van der Waals surface area contributed by atoms with Crippen LogP contribution in [-0.4, -0.2) is 30.1 Å². The smallest absolute Gasteiger partial charge is 0.408 e. The SMILES string of the molecule is Cc1ccc(C(=O)Nc2cccc(NC(=O)CNC(=O)OC(C)(C)C)c2)cc1C. The minimum absolute atomic E-state index is 0.228. The predicted octanol–water partition coefficient (Wildman–Crippen LogP) is 4.02. The molecule has 0 radical (unpaired) electrons. The van der Waals surface area contributed by atoms with Gasteiger partial charge in [0.2, 0.25) is 5.91 Å². The number of carbonyl (C=O) groups excluding carboxylic acids is 3. The molecule has 0 bridgehead atoms. The normalized spacial score (nSPS) is 10.8. The minimum atomic E-state index is -0.665. The van der Waals surface area contributed by atoms with E-state index in [1.807, 2.05) is 26.0 Å². The van der Waals surface area contributed by atoms with Crippen LogP contribution in [0.2, 0.25) is 0 Å². The maximum atomic E-state index is 12.4. The van der Waals surface area contributed by atoms with Gasteiger partial charge in [0.1, 0.15) is 12.1 Å². The van der Waals surface area contributed by atoms with Crippen LogP contribution in [0.3, 0.4) is 0 Å². The molecule has 7 nitrogen and oxygen atoms in total. The van der Waals surface area contributed by atoms with Crippen LogP contribution < -0.4 is 16.0 Å². The van der Waals surface area contributed by atoms with Gasteiger partial charge >= 0.3 is 6.09 Å². The number of aryl methyl sites for hydroxylation is 2. The van der Waals surface area contributed by atoms with Gasteiger partial charge in [0, 0.05) is 16.9 Å². The number of amides is 3. The highest BCUT2D eigenvalue weighted by molar-refractivity contribution is 6.05. The summed E-state index contributed by atoms with van der Waals surface area (Å²) in [5.41, 5.74) is 3.12. The van der Waals surface area contributed by atoms with E-state index in [0.717, 1.165) is 11.1 Å². The van der Waals surface area contributed by atoms with E-state index < -0.39 is 17.6 Å². The first kappa shape index (κ1) is 21.9. The third-order valence-corrected chi connectivity index (χ3v) is 3.97. The lowest BCUT2D eigenvalue weighted by Crippen LogP contribution is -2.37. The molecule has 2 aromatic rings. The molecular weight excluding hydrogens is 370 g/mol. The molecule has 0 aromatic heterocycles. The second kappa shape index (κ2) is 9.23. The molecule has 3 N–H and O–H groups in total. The van der Waals surface area contributed by atoms with Crippen molar-refractivity contribution in [1.29, 1.82) is 0 Å². The lowest BCUT2D eigenvalue weighted by Gasteiger charge is -2.19. The van der Waals surface area contributed by atoms with Crippen molar-refractivity contribution in [2.45, 2.75) is 40.2 Å². The summed E-state index contributed by atoms with van der Waals surface area (Å²) >= 11 is 0. The minimum Gasteiger partial charge on any atom is -0.444 e. The third-order valence-electron chi connectivity index (χ3n) is 3.97. The summed E-state index contributed by atoms with van der Waals surface area (Å²) < 4.78 is 5.08. The summed E-state index contributed by atoms with van der Waals surface area (Å²) in [4.78, 5) is 36.1. The second-order valence-electron chi connectivity index (χ2n) is 7.74. The number of hydrogen-bond acceptors (Lipinski definition) is 4. The van der Waals surface area contributed by atoms with Gasteiger partial charge in [-0.3, -0.25) is 9.59 Å². The number of nitrogens with one attached hydrogen (secondary N) is 3. The van der Waals surface area contributed by atoms with Crippen LogP contribution in [0.25, 0.3) is 0 Å². The van der Waals surface area contributed by atoms with Crippen molar-refractivity contribution in [2.75, 3.05) is 17.2 Å². The van der Waals surface area contributed by atoms with Crippen molar-refractivity contribution in [3.63, 3.8) is 0 Å². The number of benzene rings is 2. The van der Waals surface area contributed by atoms with Crippen molar-refractivity contribution < 1.29 is 19.1 Å². The first-order valence-corrected chi connectivity index (χ1v) is 9.29. The van der Waals surface area contributed by atoms with E-state index in [1.165, 1.54) is 0 Å². The number of carbonyl (C=O) groups is 3. The van der Waals surface area contributed by atoms with Crippen LogP contribution in [0.5, 0.6) is 0 Å². The van der Waals surface area contributed by atoms with E-state index in [2.05, 4.69) is 16.0 Å². The summed E-state index contributed by atoms with van der Waals surface area (Å²) in [7, 11) is 0. The van der Waals surface area contributed by atoms with Crippen LogP contribution in [0.15, 0.2) is 42.5 Å². The van der Waals surface area contributed by atoms with Gasteiger partial charge in [-0.15, -0.1) is 0 Å². The summed E-state index contributed by atoms with van der Waals surface area (Å²) in [5, 5.41) is 7.88. The summed E-state index contributed by atoms with van der Waals surface area (Å²) in [5.74, 6) is -0.642. The molecule has 0 fully saturated rings. The van der Waals surface area contributed by atoms with Crippen molar-refractivity contribution in [2.24, 2.45) is 0 Å². The van der Waals surface area contributed by atoms with E-state index in [1.54, 1.807) is 51.1 Å². The Morgan fingerprint density at radius 2 is 1.55 bits per heavy atom. The number of ether oxygens (including phenoxy) is 1. The highest BCUT2D eigenvalue weighted by atomic mass is 16.6. The largest absolute Gasteiger partial charge is 0.444 e. The molecule has 3 amide bonds. The monoisotopic (exact) mass is 397 g/mol. The zero-order chi connectivity index (χ0) is 21.6. The molecule has 0 aliphatic carbocycles. The van der Waals surface area contributed by atoms with Crippen molar-refractivity contribution in [3.8, 4) is 0 Å². The number of anilines is 2. The van der Waals surface area contributed by atoms with E-state index in [9.17, 15) is 14.4 Å². The van der Waals surface area contributed by atoms with Gasteiger partial charge in [0.25, 0.3) is 5.91 Å². The molecular formula is C22H27N3O4. The third kappa shape index (κ3) is 7.29. The first-order valence-electron chi connectivity index (χ1n) is 9.29. The summed E-state index contributed by atoms with van der Waals surface area (Å²) in [6.45, 7) is 8.93. The fourth-order valence-corrected chi connectivity index (χ4v) is 2.43. The van der Waals surface area contributed by atoms with Gasteiger partial charge in [-0.25, -0.2) is 4.79 Å². The van der Waals surface area contributed by atoms with Gasteiger partial charge in [0.15, 0.2) is 0 Å². The molecule has 0 saturated heterocycles. The molecule has 7 heteroatoms. The van der Waals surface area contributed by atoms with Crippen LogP contribution in [0.1, 0.15) is 42.3 Å². The Labute approximate surface area is 170 Å². The average Bonchev–Trinajstić information content (AvgIpc) is 2.61. The maximum absolute atomic E-state index is 12.4. The molecule has 0 atom stereocenters. The van der Waals surface area contributed by atoms with Gasteiger partial charge < -0.3 is 20.7 Å². The lowest BCUT2D eigenvalue weighted by atomic mass is 10.1. The van der Waals surface area contributed by atoms with Gasteiger partial charge in [-0.05, 0) is 76.1 Å². The second-order valence-corrected chi connectivity index (χ2v) is 7.74. The molecule has 154 valence electrons. The molecule has 2 rings (SSSR count). The molecule has 0 aliphatic heterocycles. The Balaban J connectivity index is 1.93. The predicted molar refractivity (Wildman–Crippen MR) is 113 cm³/mol. The molecule has 0 saturated carbocycles. The van der Waals surface area contributed by atoms with Gasteiger partial charge in [0.05, 0.1) is 0 Å². The molecule has 2 aromatic carbocycles. The quantitative estimate of drug-likeness (QED) is 0.710. The maximum Gasteiger partial charge on any atom is 0.408 e. The molecule has 29 heavy (non-hydrogen) atoms. The zero-order valence-electron chi connectivity index (χ0n) is 17.4. The first-order chi connectivity index (χ1) is 13.5. The van der Waals surface area contributed by atoms with E-state index in [-0.39, 0.29) is 12.5 Å². The molecule has 0 unspecified atom stereocenters. The number of alkyl carbamates (subject to hydrolysis) is 1. The standard InChI is InChI=1S/C22H27N3O4/c1-14-9-10-16(11-15(14)2)20(27)25-18-8-6-7-17(12-18)24-19(26)13-23-21(28)29-22(3,4)5/h6-12H,13H2,1-5H3,(H,23,28)(H,24,26)(H,25,27). The van der Waals surface area contributed by atoms with Crippen molar-refractivity contribution in [1.82, 2.24) is 5.32 Å². The highest BCUT2D eigenvalue weighted by Crippen LogP contribution is 2.17. The Bertz CT molecular complexity index is 917. The van der Waals surface area contributed by atoms with Crippen LogP contribution in [-0.2, 0) is 9.53 Å². The van der Waals surface area contributed by atoms with Crippen molar-refractivity contribution >= 4 is 29.3 Å². The Morgan fingerprint density at radius 3 is 2.17 bits per heavy atom. The number of rotatable bonds is 5. The Morgan fingerprint density at radius 1 is 0.897 bits per heavy atom. The Hall–Kier alpha value is -3.35. The fraction of sp³-hybridized carbons (Fsp3) is 0.318. The van der Waals surface area contributed by atoms with Crippen LogP contribution in [0.4, 0.5) is 16.2 Å². The average molecular weight is 397 g/mol. The van der Waals surface area contributed by atoms with Crippen LogP contribution >= 0.6 is 0 Å². The lowest BCUT2D eigenvalue weighted by molar-refractivity contribution is -0.115. The Kier molecular flexibility index (Phi) is 6.98. The van der Waals surface area contributed by atoms with E-state index in [4.69, 9.17) is 4.74 Å². The van der Waals surface area contributed by atoms with Crippen molar-refractivity contribution in [3.05, 3.63) is 59.2 Å². The summed E-state index contributed by atoms with van der Waals surface area (Å²) in [6, 6.07) is 12.3. The van der Waals surface area contributed by atoms with Gasteiger partial charge in [-0.2, -0.15) is 0 Å². The molecule has 0 aliphatic rings. The fourth-order valence-electron chi connectivity index (χ4n) is 2.43. The van der Waals surface area contributed by atoms with Crippen LogP contribution in [0, 0.1) is 13.8 Å². The number of hydrogen-bond donors (Lipinski definition) is 3. The molecule has 0 spiro atoms.